The van der Waals surface area contributed by atoms with Crippen molar-refractivity contribution >= 4 is 11.9 Å². The van der Waals surface area contributed by atoms with Crippen LogP contribution < -0.4 is 11.1 Å². The van der Waals surface area contributed by atoms with E-state index in [1.165, 1.54) is 0 Å². The molecule has 0 bridgehead atoms. The molecule has 0 saturated heterocycles. The Balaban J connectivity index is 4.44. The monoisotopic (exact) mass is 259 g/mol. The van der Waals surface area contributed by atoms with E-state index in [9.17, 15) is 4.79 Å². The molecular formula is C12H25N3O3. The first kappa shape index (κ1) is 16.5. The van der Waals surface area contributed by atoms with E-state index in [1.807, 2.05) is 13.8 Å². The number of hydrogen-bond acceptors (Lipinski definition) is 4. The van der Waals surface area contributed by atoms with Crippen LogP contribution in [0, 0.1) is 5.92 Å². The number of amides is 1. The zero-order valence-corrected chi connectivity index (χ0v) is 11.9. The number of rotatable bonds is 5. The first-order valence-corrected chi connectivity index (χ1v) is 6.10. The van der Waals surface area contributed by atoms with Gasteiger partial charge in [0.1, 0.15) is 11.4 Å². The summed E-state index contributed by atoms with van der Waals surface area (Å²) in [5.74, 6) is 0.480. The van der Waals surface area contributed by atoms with Gasteiger partial charge in [0.05, 0.1) is 0 Å². The van der Waals surface area contributed by atoms with Crippen molar-refractivity contribution in [1.82, 2.24) is 5.32 Å². The minimum absolute atomic E-state index is 0.0942. The maximum Gasteiger partial charge on any atom is 0.407 e. The molecular weight excluding hydrogens is 234 g/mol. The van der Waals surface area contributed by atoms with E-state index < -0.39 is 11.7 Å². The Morgan fingerprint density at radius 2 is 2.00 bits per heavy atom. The fourth-order valence-corrected chi connectivity index (χ4v) is 1.53. The van der Waals surface area contributed by atoms with Crippen molar-refractivity contribution in [3.63, 3.8) is 0 Å². The highest BCUT2D eigenvalue weighted by Gasteiger charge is 2.20. The number of nitrogens with two attached hydrogens (primary N) is 1. The molecule has 6 nitrogen and oxygen atoms in total. The Labute approximate surface area is 109 Å². The van der Waals surface area contributed by atoms with Gasteiger partial charge in [0.15, 0.2) is 0 Å². The van der Waals surface area contributed by atoms with Crippen molar-refractivity contribution in [3.8, 4) is 0 Å². The zero-order chi connectivity index (χ0) is 14.3. The largest absolute Gasteiger partial charge is 0.444 e. The summed E-state index contributed by atoms with van der Waals surface area (Å²) in [6, 6.07) is -0.198. The highest BCUT2D eigenvalue weighted by molar-refractivity contribution is 5.81. The van der Waals surface area contributed by atoms with Crippen LogP contribution in [0.3, 0.4) is 0 Å². The van der Waals surface area contributed by atoms with Crippen LogP contribution in [0.5, 0.6) is 0 Å². The summed E-state index contributed by atoms with van der Waals surface area (Å²) >= 11 is 0. The first-order chi connectivity index (χ1) is 8.14. The molecule has 0 heterocycles. The van der Waals surface area contributed by atoms with Crippen molar-refractivity contribution in [3.05, 3.63) is 0 Å². The number of nitrogens with one attached hydrogen (secondary N) is 1. The first-order valence-electron chi connectivity index (χ1n) is 6.10. The lowest BCUT2D eigenvalue weighted by Crippen LogP contribution is -2.41. The molecule has 0 aromatic carbocycles. The lowest BCUT2D eigenvalue weighted by molar-refractivity contribution is 0.0500. The quantitative estimate of drug-likeness (QED) is 0.305. The van der Waals surface area contributed by atoms with E-state index in [1.54, 1.807) is 20.8 Å². The van der Waals surface area contributed by atoms with Gasteiger partial charge in [-0.25, -0.2) is 4.79 Å². The van der Waals surface area contributed by atoms with Gasteiger partial charge in [-0.05, 0) is 33.1 Å². The molecule has 4 N–H and O–H groups in total. The number of alkyl carbamates (subject to hydrolysis) is 1. The van der Waals surface area contributed by atoms with Crippen LogP contribution >= 0.6 is 0 Å². The second-order valence-corrected chi connectivity index (χ2v) is 5.77. The fourth-order valence-electron chi connectivity index (χ4n) is 1.53. The van der Waals surface area contributed by atoms with E-state index in [-0.39, 0.29) is 11.9 Å². The molecule has 106 valence electrons. The van der Waals surface area contributed by atoms with Crippen molar-refractivity contribution < 1.29 is 14.7 Å². The Hall–Kier alpha value is -1.46. The Morgan fingerprint density at radius 3 is 2.39 bits per heavy atom. The molecule has 0 aliphatic carbocycles. The summed E-state index contributed by atoms with van der Waals surface area (Å²) in [7, 11) is 0. The van der Waals surface area contributed by atoms with Crippen LogP contribution in [0.25, 0.3) is 0 Å². The predicted octanol–water partition coefficient (Wildman–Crippen LogP) is 2.06. The maximum atomic E-state index is 11.6. The average Bonchev–Trinajstić information content (AvgIpc) is 2.12. The lowest BCUT2D eigenvalue weighted by atomic mass is 10.0. The van der Waals surface area contributed by atoms with Gasteiger partial charge in [-0.2, -0.15) is 0 Å². The third kappa shape index (κ3) is 8.66. The van der Waals surface area contributed by atoms with Gasteiger partial charge < -0.3 is 21.0 Å². The van der Waals surface area contributed by atoms with Crippen molar-refractivity contribution in [1.29, 1.82) is 0 Å². The molecule has 0 spiro atoms. The Morgan fingerprint density at radius 1 is 1.44 bits per heavy atom. The molecule has 1 atom stereocenters. The Bertz CT molecular complexity index is 295. The zero-order valence-electron chi connectivity index (χ0n) is 11.9. The van der Waals surface area contributed by atoms with Crippen LogP contribution in [0.4, 0.5) is 4.79 Å². The molecule has 0 saturated carbocycles. The van der Waals surface area contributed by atoms with Gasteiger partial charge in [-0.1, -0.05) is 19.0 Å². The molecule has 0 radical (unpaired) electrons. The normalized spacial score (nSPS) is 14.4. The summed E-state index contributed by atoms with van der Waals surface area (Å²) < 4.78 is 5.17. The molecule has 0 aromatic heterocycles. The highest BCUT2D eigenvalue weighted by atomic mass is 16.6. The summed E-state index contributed by atoms with van der Waals surface area (Å²) in [6.07, 6.45) is 0.544. The second-order valence-electron chi connectivity index (χ2n) is 5.77. The average molecular weight is 259 g/mol. The van der Waals surface area contributed by atoms with Crippen LogP contribution in [-0.4, -0.2) is 28.8 Å². The third-order valence-electron chi connectivity index (χ3n) is 2.06. The van der Waals surface area contributed by atoms with Crippen LogP contribution in [-0.2, 0) is 4.74 Å². The number of carbonyl (C=O) groups is 1. The topological polar surface area (TPSA) is 96.9 Å². The number of ether oxygens (including phenoxy) is 1. The van der Waals surface area contributed by atoms with Crippen molar-refractivity contribution in [2.24, 2.45) is 16.8 Å². The second kappa shape index (κ2) is 7.08. The number of amidine groups is 1. The molecule has 0 aromatic rings. The van der Waals surface area contributed by atoms with Crippen molar-refractivity contribution in [2.45, 2.75) is 59.1 Å². The van der Waals surface area contributed by atoms with E-state index in [4.69, 9.17) is 15.7 Å². The third-order valence-corrected chi connectivity index (χ3v) is 2.06. The summed E-state index contributed by atoms with van der Waals surface area (Å²) in [4.78, 5) is 11.6. The highest BCUT2D eigenvalue weighted by Crippen LogP contribution is 2.11. The van der Waals surface area contributed by atoms with Crippen molar-refractivity contribution in [2.75, 3.05) is 0 Å². The number of carbonyl (C=O) groups excluding carboxylic acids is 1. The van der Waals surface area contributed by atoms with Gasteiger partial charge >= 0.3 is 6.09 Å². The van der Waals surface area contributed by atoms with Gasteiger partial charge in [0, 0.05) is 12.5 Å². The molecule has 0 rings (SSSR count). The molecule has 6 heteroatoms. The predicted molar refractivity (Wildman–Crippen MR) is 70.6 cm³/mol. The summed E-state index contributed by atoms with van der Waals surface area (Å²) in [5.41, 5.74) is 4.92. The number of nitrogens with zero attached hydrogens (tertiary/aromatic N) is 1. The van der Waals surface area contributed by atoms with E-state index in [2.05, 4.69) is 10.5 Å². The molecule has 0 aliphatic heterocycles. The lowest BCUT2D eigenvalue weighted by Gasteiger charge is -2.24. The van der Waals surface area contributed by atoms with Crippen LogP contribution in [0.1, 0.15) is 47.5 Å². The van der Waals surface area contributed by atoms with E-state index in [0.717, 1.165) is 6.42 Å². The van der Waals surface area contributed by atoms with Crippen LogP contribution in [0.2, 0.25) is 0 Å². The SMILES string of the molecule is CC(C)C[C@@H](CC(N)=NO)NC(=O)OC(C)(C)C. The summed E-state index contributed by atoms with van der Waals surface area (Å²) in [5, 5.41) is 14.2. The fraction of sp³-hybridized carbons (Fsp3) is 0.833. The number of oxime groups is 1. The van der Waals surface area contributed by atoms with Gasteiger partial charge in [0.2, 0.25) is 0 Å². The molecule has 18 heavy (non-hydrogen) atoms. The molecule has 1 amide bonds. The minimum atomic E-state index is -0.539. The van der Waals surface area contributed by atoms with Gasteiger partial charge in [-0.3, -0.25) is 0 Å². The maximum absolute atomic E-state index is 11.6. The van der Waals surface area contributed by atoms with E-state index in [0.29, 0.717) is 12.3 Å². The van der Waals surface area contributed by atoms with Gasteiger partial charge in [-0.15, -0.1) is 0 Å². The minimum Gasteiger partial charge on any atom is -0.444 e. The molecule has 0 aliphatic rings. The van der Waals surface area contributed by atoms with Gasteiger partial charge in [0.25, 0.3) is 0 Å². The number of hydrogen-bond donors (Lipinski definition) is 3. The molecule has 0 unspecified atom stereocenters. The van der Waals surface area contributed by atoms with E-state index >= 15 is 0 Å². The Kier molecular flexibility index (Phi) is 6.51. The summed E-state index contributed by atoms with van der Waals surface area (Å²) in [6.45, 7) is 9.47. The molecule has 0 fully saturated rings. The smallest absolute Gasteiger partial charge is 0.407 e. The standard InChI is InChI=1S/C12H25N3O3/c1-8(2)6-9(7-10(13)15-17)14-11(16)18-12(3,4)5/h8-9,17H,6-7H2,1-5H3,(H2,13,15)(H,14,16)/t9-/m0/s1. The van der Waals surface area contributed by atoms with Crippen LogP contribution in [0.15, 0.2) is 5.16 Å².